The first-order chi connectivity index (χ1) is 10.8. The molecule has 1 heterocycles. The van der Waals surface area contributed by atoms with Crippen LogP contribution in [0.5, 0.6) is 0 Å². The fraction of sp³-hybridized carbons (Fsp3) is 0.158. The first-order valence-corrected chi connectivity index (χ1v) is 7.38. The molecule has 0 amide bonds. The van der Waals surface area contributed by atoms with Crippen LogP contribution in [0.15, 0.2) is 48.5 Å². The van der Waals surface area contributed by atoms with Gasteiger partial charge in [0.2, 0.25) is 0 Å². The summed E-state index contributed by atoms with van der Waals surface area (Å²) in [7, 11) is 1.43. The number of aromatic nitrogens is 1. The summed E-state index contributed by atoms with van der Waals surface area (Å²) in [4.78, 5) is 17.2. The summed E-state index contributed by atoms with van der Waals surface area (Å²) in [6.45, 7) is 0. The minimum atomic E-state index is -0.283. The number of nitrogens with zero attached hydrogens (tertiary/aromatic N) is 1. The van der Waals surface area contributed by atoms with Gasteiger partial charge in [0.05, 0.1) is 23.9 Å². The van der Waals surface area contributed by atoms with Gasteiger partial charge in [-0.1, -0.05) is 42.5 Å². The number of carbonyl (C=O) groups excluding carboxylic acids is 1. The van der Waals surface area contributed by atoms with Crippen LogP contribution in [-0.2, 0) is 17.6 Å². The Morgan fingerprint density at radius 2 is 1.82 bits per heavy atom. The van der Waals surface area contributed by atoms with Crippen molar-refractivity contribution in [1.82, 2.24) is 4.98 Å². The zero-order valence-electron chi connectivity index (χ0n) is 12.3. The van der Waals surface area contributed by atoms with E-state index < -0.39 is 0 Å². The molecule has 3 heteroatoms. The lowest BCUT2D eigenvalue weighted by Gasteiger charge is -2.22. The molecule has 108 valence electrons. The lowest BCUT2D eigenvalue weighted by molar-refractivity contribution is 0.0601. The summed E-state index contributed by atoms with van der Waals surface area (Å²) >= 11 is 0. The highest BCUT2D eigenvalue weighted by Gasteiger charge is 2.25. The van der Waals surface area contributed by atoms with E-state index in [1.807, 2.05) is 36.4 Å². The van der Waals surface area contributed by atoms with Gasteiger partial charge in [0.15, 0.2) is 0 Å². The van der Waals surface area contributed by atoms with E-state index in [2.05, 4.69) is 12.1 Å². The summed E-state index contributed by atoms with van der Waals surface area (Å²) < 4.78 is 5.03. The molecule has 1 aliphatic carbocycles. The first kappa shape index (κ1) is 13.0. The van der Waals surface area contributed by atoms with Gasteiger partial charge in [-0.3, -0.25) is 0 Å². The summed E-state index contributed by atoms with van der Waals surface area (Å²) in [5.41, 5.74) is 5.83. The van der Waals surface area contributed by atoms with Crippen molar-refractivity contribution >= 4 is 16.9 Å². The van der Waals surface area contributed by atoms with Crippen LogP contribution in [0.2, 0.25) is 0 Å². The maximum absolute atomic E-state index is 12.4. The maximum Gasteiger partial charge on any atom is 0.338 e. The van der Waals surface area contributed by atoms with Gasteiger partial charge in [-0.2, -0.15) is 0 Å². The number of benzene rings is 2. The molecular weight excluding hydrogens is 274 g/mol. The summed E-state index contributed by atoms with van der Waals surface area (Å²) in [6.07, 6.45) is 1.74. The van der Waals surface area contributed by atoms with Crippen LogP contribution in [0.25, 0.3) is 22.2 Å². The van der Waals surface area contributed by atoms with Gasteiger partial charge in [-0.05, 0) is 30.0 Å². The van der Waals surface area contributed by atoms with Crippen LogP contribution in [0, 0.1) is 0 Å². The van der Waals surface area contributed by atoms with E-state index in [1.54, 1.807) is 0 Å². The van der Waals surface area contributed by atoms with Crippen LogP contribution < -0.4 is 0 Å². The Kier molecular flexibility index (Phi) is 2.93. The van der Waals surface area contributed by atoms with E-state index >= 15 is 0 Å². The van der Waals surface area contributed by atoms with Crippen molar-refractivity contribution in [2.24, 2.45) is 0 Å². The van der Waals surface area contributed by atoms with Crippen LogP contribution in [0.4, 0.5) is 0 Å². The van der Waals surface area contributed by atoms with Crippen molar-refractivity contribution in [1.29, 1.82) is 0 Å². The number of carbonyl (C=O) groups is 1. The minimum Gasteiger partial charge on any atom is -0.465 e. The highest BCUT2D eigenvalue weighted by atomic mass is 16.5. The Morgan fingerprint density at radius 3 is 2.68 bits per heavy atom. The number of para-hydroxylation sites is 1. The van der Waals surface area contributed by atoms with Gasteiger partial charge in [-0.25, -0.2) is 9.78 Å². The van der Waals surface area contributed by atoms with Crippen LogP contribution in [0.1, 0.15) is 21.5 Å². The number of pyridine rings is 1. The Labute approximate surface area is 128 Å². The molecule has 2 aromatic carbocycles. The fourth-order valence-electron chi connectivity index (χ4n) is 3.28. The Hall–Kier alpha value is -2.68. The maximum atomic E-state index is 12.4. The van der Waals surface area contributed by atoms with Crippen LogP contribution in [-0.4, -0.2) is 18.1 Å². The third-order valence-electron chi connectivity index (χ3n) is 4.30. The van der Waals surface area contributed by atoms with E-state index in [0.29, 0.717) is 5.56 Å². The number of fused-ring (bicyclic) bond motifs is 4. The molecule has 0 bridgehead atoms. The zero-order valence-corrected chi connectivity index (χ0v) is 12.3. The third kappa shape index (κ3) is 1.82. The number of ether oxygens (including phenoxy) is 1. The van der Waals surface area contributed by atoms with Gasteiger partial charge in [0, 0.05) is 10.9 Å². The van der Waals surface area contributed by atoms with Crippen molar-refractivity contribution in [3.8, 4) is 11.3 Å². The predicted molar refractivity (Wildman–Crippen MR) is 85.9 cm³/mol. The second-order valence-corrected chi connectivity index (χ2v) is 5.48. The molecule has 4 rings (SSSR count). The quantitative estimate of drug-likeness (QED) is 0.640. The summed E-state index contributed by atoms with van der Waals surface area (Å²) in [5, 5.41) is 0.868. The van der Waals surface area contributed by atoms with E-state index in [-0.39, 0.29) is 5.97 Å². The number of esters is 1. The largest absolute Gasteiger partial charge is 0.465 e. The Bertz CT molecular complexity index is 899. The van der Waals surface area contributed by atoms with Crippen LogP contribution in [0.3, 0.4) is 0 Å². The standard InChI is InChI=1S/C19H15NO2/c1-22-19(21)17-14-8-4-5-9-16(14)20-18-13-7-3-2-6-12(13)10-11-15(17)18/h2-9H,10-11H2,1H3. The average molecular weight is 289 g/mol. The van der Waals surface area contributed by atoms with E-state index in [0.717, 1.165) is 40.6 Å². The molecule has 0 saturated carbocycles. The Morgan fingerprint density at radius 1 is 1.05 bits per heavy atom. The zero-order chi connectivity index (χ0) is 15.1. The van der Waals surface area contributed by atoms with Gasteiger partial charge >= 0.3 is 5.97 Å². The van der Waals surface area contributed by atoms with Crippen molar-refractivity contribution < 1.29 is 9.53 Å². The number of hydrogen-bond donors (Lipinski definition) is 0. The second kappa shape index (κ2) is 4.95. The van der Waals surface area contributed by atoms with E-state index in [4.69, 9.17) is 9.72 Å². The smallest absolute Gasteiger partial charge is 0.338 e. The molecule has 0 aliphatic heterocycles. The molecule has 0 radical (unpaired) electrons. The highest BCUT2D eigenvalue weighted by molar-refractivity contribution is 6.06. The van der Waals surface area contributed by atoms with Crippen molar-refractivity contribution in [2.75, 3.05) is 7.11 Å². The topological polar surface area (TPSA) is 39.2 Å². The molecule has 1 aliphatic rings. The molecule has 1 aromatic heterocycles. The summed E-state index contributed by atoms with van der Waals surface area (Å²) in [6, 6.07) is 16.0. The fourth-order valence-corrected chi connectivity index (χ4v) is 3.28. The van der Waals surface area contributed by atoms with Crippen LogP contribution >= 0.6 is 0 Å². The highest BCUT2D eigenvalue weighted by Crippen LogP contribution is 2.36. The molecule has 0 N–H and O–H groups in total. The molecule has 0 unspecified atom stereocenters. The molecule has 0 fully saturated rings. The van der Waals surface area contributed by atoms with E-state index in [1.165, 1.54) is 12.7 Å². The molecule has 0 spiro atoms. The van der Waals surface area contributed by atoms with Gasteiger partial charge in [-0.15, -0.1) is 0 Å². The lowest BCUT2D eigenvalue weighted by atomic mass is 9.85. The molecule has 0 saturated heterocycles. The van der Waals surface area contributed by atoms with E-state index in [9.17, 15) is 4.79 Å². The second-order valence-electron chi connectivity index (χ2n) is 5.48. The predicted octanol–water partition coefficient (Wildman–Crippen LogP) is 3.79. The Balaban J connectivity index is 2.12. The SMILES string of the molecule is COC(=O)c1c2c(nc3ccccc13)-c1ccccc1CC2. The number of rotatable bonds is 1. The molecule has 22 heavy (non-hydrogen) atoms. The summed E-state index contributed by atoms with van der Waals surface area (Å²) in [5.74, 6) is -0.283. The number of methoxy groups -OCH3 is 1. The van der Waals surface area contributed by atoms with Crippen molar-refractivity contribution in [3.63, 3.8) is 0 Å². The molecule has 3 aromatic rings. The number of hydrogen-bond acceptors (Lipinski definition) is 3. The minimum absolute atomic E-state index is 0.283. The monoisotopic (exact) mass is 289 g/mol. The normalized spacial score (nSPS) is 12.6. The average Bonchev–Trinajstić information content (AvgIpc) is 2.59. The van der Waals surface area contributed by atoms with Gasteiger partial charge < -0.3 is 4.74 Å². The molecular formula is C19H15NO2. The lowest BCUT2D eigenvalue weighted by Crippen LogP contribution is -2.14. The van der Waals surface area contributed by atoms with Gasteiger partial charge in [0.25, 0.3) is 0 Å². The molecule has 0 atom stereocenters. The van der Waals surface area contributed by atoms with Crippen molar-refractivity contribution in [3.05, 3.63) is 65.2 Å². The van der Waals surface area contributed by atoms with Gasteiger partial charge in [0.1, 0.15) is 0 Å². The number of aryl methyl sites for hydroxylation is 1. The first-order valence-electron chi connectivity index (χ1n) is 7.38. The van der Waals surface area contributed by atoms with Crippen molar-refractivity contribution in [2.45, 2.75) is 12.8 Å². The molecule has 3 nitrogen and oxygen atoms in total. The third-order valence-corrected chi connectivity index (χ3v) is 4.30.